The van der Waals surface area contributed by atoms with Gasteiger partial charge in [0.2, 0.25) is 5.91 Å². The zero-order valence-electron chi connectivity index (χ0n) is 11.2. The van der Waals surface area contributed by atoms with Crippen LogP contribution in [0, 0.1) is 0 Å². The highest BCUT2D eigenvalue weighted by molar-refractivity contribution is 5.76. The van der Waals surface area contributed by atoms with Crippen molar-refractivity contribution in [3.05, 3.63) is 0 Å². The first-order valence-electron chi connectivity index (χ1n) is 6.60. The number of carbonyl (C=O) groups excluding carboxylic acids is 1. The first-order chi connectivity index (χ1) is 8.08. The lowest BCUT2D eigenvalue weighted by atomic mass is 10.0. The number of amides is 1. The zero-order valence-corrected chi connectivity index (χ0v) is 11.2. The molecule has 0 aliphatic carbocycles. The van der Waals surface area contributed by atoms with Gasteiger partial charge in [-0.25, -0.2) is 0 Å². The second-order valence-electron chi connectivity index (χ2n) is 4.94. The van der Waals surface area contributed by atoms with Crippen molar-refractivity contribution in [2.45, 2.75) is 64.3 Å². The minimum atomic E-state index is -0.890. The summed E-state index contributed by atoms with van der Waals surface area (Å²) >= 11 is 0. The fourth-order valence-electron chi connectivity index (χ4n) is 1.59. The van der Waals surface area contributed by atoms with Gasteiger partial charge in [0.05, 0.1) is 18.8 Å². The molecule has 17 heavy (non-hydrogen) atoms. The number of hydrogen-bond donors (Lipinski definition) is 3. The molecule has 0 saturated carbocycles. The van der Waals surface area contributed by atoms with Gasteiger partial charge in [0.25, 0.3) is 0 Å². The van der Waals surface area contributed by atoms with E-state index in [1.54, 1.807) is 6.92 Å². The Kier molecular flexibility index (Phi) is 9.09. The quantitative estimate of drug-likeness (QED) is 0.512. The SMILES string of the molecule is CCCCCCCCC(=O)NC(C)(CO)CO. The van der Waals surface area contributed by atoms with Gasteiger partial charge in [0.15, 0.2) is 0 Å². The number of rotatable bonds is 10. The van der Waals surface area contributed by atoms with Crippen LogP contribution in [0.3, 0.4) is 0 Å². The molecule has 102 valence electrons. The van der Waals surface area contributed by atoms with Gasteiger partial charge in [-0.15, -0.1) is 0 Å². The van der Waals surface area contributed by atoms with Crippen molar-refractivity contribution in [2.75, 3.05) is 13.2 Å². The Morgan fingerprint density at radius 1 is 1.06 bits per heavy atom. The molecule has 0 radical (unpaired) electrons. The summed E-state index contributed by atoms with van der Waals surface area (Å²) in [6.45, 7) is 3.32. The Bertz CT molecular complexity index is 203. The van der Waals surface area contributed by atoms with Gasteiger partial charge >= 0.3 is 0 Å². The van der Waals surface area contributed by atoms with Gasteiger partial charge in [-0.3, -0.25) is 4.79 Å². The van der Waals surface area contributed by atoms with Crippen LogP contribution in [-0.2, 0) is 4.79 Å². The molecule has 3 N–H and O–H groups in total. The zero-order chi connectivity index (χ0) is 13.1. The molecular formula is C13H27NO3. The van der Waals surface area contributed by atoms with Crippen LogP contribution in [0.25, 0.3) is 0 Å². The number of aliphatic hydroxyl groups is 2. The number of nitrogens with one attached hydrogen (secondary N) is 1. The normalized spacial score (nSPS) is 11.5. The van der Waals surface area contributed by atoms with Crippen molar-refractivity contribution >= 4 is 5.91 Å². The van der Waals surface area contributed by atoms with Crippen molar-refractivity contribution in [3.63, 3.8) is 0 Å². The highest BCUT2D eigenvalue weighted by Gasteiger charge is 2.23. The summed E-state index contributed by atoms with van der Waals surface area (Å²) in [5.41, 5.74) is -0.890. The maximum atomic E-state index is 11.5. The number of unbranched alkanes of at least 4 members (excludes halogenated alkanes) is 5. The molecule has 0 heterocycles. The number of hydrogen-bond acceptors (Lipinski definition) is 3. The standard InChI is InChI=1S/C13H27NO3/c1-3-4-5-6-7-8-9-12(17)14-13(2,10-15)11-16/h15-16H,3-11H2,1-2H3,(H,14,17). The highest BCUT2D eigenvalue weighted by Crippen LogP contribution is 2.08. The van der Waals surface area contributed by atoms with Gasteiger partial charge in [-0.1, -0.05) is 39.0 Å². The van der Waals surface area contributed by atoms with Gasteiger partial charge in [-0.2, -0.15) is 0 Å². The average Bonchev–Trinajstić information content (AvgIpc) is 2.33. The van der Waals surface area contributed by atoms with Crippen molar-refractivity contribution < 1.29 is 15.0 Å². The lowest BCUT2D eigenvalue weighted by Crippen LogP contribution is -2.51. The van der Waals surface area contributed by atoms with Crippen molar-refractivity contribution in [1.29, 1.82) is 0 Å². The third-order valence-corrected chi connectivity index (χ3v) is 2.90. The van der Waals surface area contributed by atoms with E-state index in [4.69, 9.17) is 10.2 Å². The molecule has 1 amide bonds. The number of carbonyl (C=O) groups is 1. The van der Waals surface area contributed by atoms with Gasteiger partial charge in [0.1, 0.15) is 0 Å². The maximum absolute atomic E-state index is 11.5. The predicted octanol–water partition coefficient (Wildman–Crippen LogP) is 1.60. The Hall–Kier alpha value is -0.610. The number of aliphatic hydroxyl groups excluding tert-OH is 2. The lowest BCUT2D eigenvalue weighted by Gasteiger charge is -2.26. The minimum absolute atomic E-state index is 0.0916. The Labute approximate surface area is 104 Å². The van der Waals surface area contributed by atoms with Gasteiger partial charge < -0.3 is 15.5 Å². The van der Waals surface area contributed by atoms with E-state index in [0.29, 0.717) is 6.42 Å². The van der Waals surface area contributed by atoms with Crippen LogP contribution in [0.15, 0.2) is 0 Å². The van der Waals surface area contributed by atoms with Crippen LogP contribution in [0.1, 0.15) is 58.8 Å². The van der Waals surface area contributed by atoms with Gasteiger partial charge in [-0.05, 0) is 13.3 Å². The predicted molar refractivity (Wildman–Crippen MR) is 68.7 cm³/mol. The molecule has 0 unspecified atom stereocenters. The first kappa shape index (κ1) is 16.4. The third kappa shape index (κ3) is 8.16. The highest BCUT2D eigenvalue weighted by atomic mass is 16.3. The summed E-state index contributed by atoms with van der Waals surface area (Å²) in [4.78, 5) is 11.5. The van der Waals surface area contributed by atoms with Gasteiger partial charge in [0, 0.05) is 6.42 Å². The van der Waals surface area contributed by atoms with Crippen molar-refractivity contribution in [2.24, 2.45) is 0 Å². The van der Waals surface area contributed by atoms with Crippen LogP contribution in [0.5, 0.6) is 0 Å². The first-order valence-corrected chi connectivity index (χ1v) is 6.60. The van der Waals surface area contributed by atoms with E-state index in [2.05, 4.69) is 12.2 Å². The largest absolute Gasteiger partial charge is 0.394 e. The topological polar surface area (TPSA) is 69.6 Å². The summed E-state index contributed by atoms with van der Waals surface area (Å²) < 4.78 is 0. The monoisotopic (exact) mass is 245 g/mol. The minimum Gasteiger partial charge on any atom is -0.394 e. The molecule has 0 aromatic heterocycles. The molecule has 0 bridgehead atoms. The van der Waals surface area contributed by atoms with E-state index < -0.39 is 5.54 Å². The van der Waals surface area contributed by atoms with Crippen LogP contribution in [-0.4, -0.2) is 34.9 Å². The molecule has 0 aliphatic heterocycles. The molecule has 4 nitrogen and oxygen atoms in total. The molecule has 0 spiro atoms. The Balaban J connectivity index is 3.59. The van der Waals surface area contributed by atoms with E-state index in [-0.39, 0.29) is 19.1 Å². The van der Waals surface area contributed by atoms with Crippen LogP contribution < -0.4 is 5.32 Å². The fourth-order valence-corrected chi connectivity index (χ4v) is 1.59. The average molecular weight is 245 g/mol. The summed E-state index contributed by atoms with van der Waals surface area (Å²) in [6, 6.07) is 0. The van der Waals surface area contributed by atoms with Crippen LogP contribution >= 0.6 is 0 Å². The summed E-state index contributed by atoms with van der Waals surface area (Å²) in [6.07, 6.45) is 7.33. The molecule has 0 rings (SSSR count). The van der Waals surface area contributed by atoms with E-state index in [1.807, 2.05) is 0 Å². The molecule has 0 saturated heterocycles. The molecule has 0 aromatic carbocycles. The second kappa shape index (κ2) is 9.42. The van der Waals surface area contributed by atoms with Crippen molar-refractivity contribution in [1.82, 2.24) is 5.32 Å². The molecule has 0 fully saturated rings. The molecular weight excluding hydrogens is 218 g/mol. The van der Waals surface area contributed by atoms with E-state index in [1.165, 1.54) is 25.7 Å². The second-order valence-corrected chi connectivity index (χ2v) is 4.94. The third-order valence-electron chi connectivity index (χ3n) is 2.90. The molecule has 4 heteroatoms. The summed E-state index contributed by atoms with van der Waals surface area (Å²) in [7, 11) is 0. The maximum Gasteiger partial charge on any atom is 0.220 e. The molecule has 0 aromatic rings. The van der Waals surface area contributed by atoms with E-state index >= 15 is 0 Å². The smallest absolute Gasteiger partial charge is 0.220 e. The lowest BCUT2D eigenvalue weighted by molar-refractivity contribution is -0.124. The van der Waals surface area contributed by atoms with Crippen LogP contribution in [0.2, 0.25) is 0 Å². The summed E-state index contributed by atoms with van der Waals surface area (Å²) in [5, 5.41) is 20.7. The molecule has 0 atom stereocenters. The molecule has 0 aliphatic rings. The van der Waals surface area contributed by atoms with Crippen LogP contribution in [0.4, 0.5) is 0 Å². The Morgan fingerprint density at radius 3 is 2.12 bits per heavy atom. The van der Waals surface area contributed by atoms with E-state index in [0.717, 1.165) is 12.8 Å². The Morgan fingerprint density at radius 2 is 1.59 bits per heavy atom. The van der Waals surface area contributed by atoms with Crippen molar-refractivity contribution in [3.8, 4) is 0 Å². The van der Waals surface area contributed by atoms with E-state index in [9.17, 15) is 4.79 Å². The summed E-state index contributed by atoms with van der Waals surface area (Å²) in [5.74, 6) is -0.0916. The fraction of sp³-hybridized carbons (Fsp3) is 0.923.